The van der Waals surface area contributed by atoms with Crippen molar-refractivity contribution in [1.29, 1.82) is 0 Å². The molecule has 0 aliphatic rings. The summed E-state index contributed by atoms with van der Waals surface area (Å²) in [6, 6.07) is 54.3. The first kappa shape index (κ1) is 48.2. The molecule has 12 heteroatoms. The second-order valence-electron chi connectivity index (χ2n) is 23.4. The van der Waals surface area contributed by atoms with Gasteiger partial charge >= 0.3 is 0 Å². The highest BCUT2D eigenvalue weighted by molar-refractivity contribution is 7.38. The van der Waals surface area contributed by atoms with Crippen LogP contribution in [0.3, 0.4) is 0 Å². The summed E-state index contributed by atoms with van der Waals surface area (Å²) in [5.74, 6) is 0. The Kier molecular flexibility index (Phi) is 9.63. The number of fused-ring (bicyclic) bond motifs is 28. The van der Waals surface area contributed by atoms with Crippen LogP contribution in [0.4, 0.5) is 0 Å². The summed E-state index contributed by atoms with van der Waals surface area (Å²) in [5.41, 5.74) is 23.8. The molecule has 0 bridgehead atoms. The molecule has 0 aliphatic heterocycles. The van der Waals surface area contributed by atoms with E-state index < -0.39 is 0 Å². The van der Waals surface area contributed by atoms with Gasteiger partial charge in [-0.1, -0.05) is 71.8 Å². The quantitative estimate of drug-likeness (QED) is 0.173. The van der Waals surface area contributed by atoms with Gasteiger partial charge in [-0.05, 0) is 149 Å². The monoisotopic (exact) mass is 1190 g/mol. The number of nitrogens with zero attached hydrogens (tertiary/aromatic N) is 4. The van der Waals surface area contributed by atoms with Crippen molar-refractivity contribution in [3.05, 3.63) is 179 Å². The third kappa shape index (κ3) is 6.37. The number of thiophene rings is 6. The van der Waals surface area contributed by atoms with Gasteiger partial charge in [-0.25, -0.2) is 0 Å². The smallest absolute Gasteiger partial charge is 0.171 e. The molecule has 0 saturated heterocycles. The molecule has 84 heavy (non-hydrogen) atoms. The van der Waals surface area contributed by atoms with Crippen molar-refractivity contribution in [1.82, 2.24) is 18.3 Å². The fourth-order valence-electron chi connectivity index (χ4n) is 13.8. The minimum absolute atomic E-state index is 0.934. The van der Waals surface area contributed by atoms with Crippen LogP contribution < -0.4 is 0 Å². The number of aromatic nitrogens is 4. The standard InChI is InChI=1S/C42H28N2O2S2.C30H20N2S4/c1-21-5-11-25(12-6-21)43-35-27-15-9-23(3)17-31(27)45-39(35)41-37(43)29-19-34-30(20-33(29)47-41)38-42(48-34)40-36(28-16-10-24(4)18-32(28)46-40)44(38)26-13-7-22(2)8-14-26;1-13-5-7-15-19(9-13)31(3)23-25(15)35-27-17-11-22-18(12-21(17)33-29(23)27)28-30(34-22)24-26(36-28)16-8-6-14(2)10-20(16)32(24)4/h5-20H,1-4H3;5-12H,1-4H3. The van der Waals surface area contributed by atoms with E-state index in [1.165, 1.54) is 155 Å². The zero-order valence-corrected chi connectivity index (χ0v) is 51.8. The maximum atomic E-state index is 6.69. The number of furan rings is 2. The van der Waals surface area contributed by atoms with Crippen LogP contribution in [-0.2, 0) is 14.1 Å². The van der Waals surface area contributed by atoms with Crippen molar-refractivity contribution >= 4 is 234 Å². The molecule has 0 saturated carbocycles. The lowest BCUT2D eigenvalue weighted by Gasteiger charge is -2.09. The van der Waals surface area contributed by atoms with Crippen molar-refractivity contribution in [3.8, 4) is 11.4 Å². The SMILES string of the molecule is Cc1ccc(-n2c3c4ccc(C)cc4oc3c3sc4cc5c(cc4c32)sc2c3oc4cc(C)ccc4c3n(-c3ccc(C)cc3)c52)cc1.Cc1ccc2c3sc4c5cc6sc7c(sc8c9ccc(C)cc9n(C)c87)c6cc5sc4c3n(C)c2c1. The normalized spacial score (nSPS) is 12.8. The molecule has 404 valence electrons. The Hall–Kier alpha value is -8.20. The number of hydrogen-bond donors (Lipinski definition) is 0. The van der Waals surface area contributed by atoms with Crippen molar-refractivity contribution in [2.75, 3.05) is 0 Å². The van der Waals surface area contributed by atoms with E-state index in [4.69, 9.17) is 8.83 Å². The lowest BCUT2D eigenvalue weighted by molar-refractivity contribution is 0.672. The summed E-state index contributed by atoms with van der Waals surface area (Å²) in [4.78, 5) is 0. The lowest BCUT2D eigenvalue weighted by atomic mass is 10.1. The Bertz CT molecular complexity index is 5930. The van der Waals surface area contributed by atoms with E-state index in [1.807, 2.05) is 68.0 Å². The van der Waals surface area contributed by atoms with E-state index >= 15 is 0 Å². The maximum Gasteiger partial charge on any atom is 0.171 e. The van der Waals surface area contributed by atoms with Crippen LogP contribution in [-0.4, -0.2) is 18.3 Å². The minimum atomic E-state index is 0.934. The van der Waals surface area contributed by atoms with Crippen LogP contribution in [0.2, 0.25) is 0 Å². The van der Waals surface area contributed by atoms with Crippen LogP contribution >= 0.6 is 68.0 Å². The van der Waals surface area contributed by atoms with Gasteiger partial charge in [0.1, 0.15) is 22.2 Å². The van der Waals surface area contributed by atoms with Gasteiger partial charge in [0, 0.05) is 98.4 Å². The maximum absolute atomic E-state index is 6.69. The molecule has 8 aromatic carbocycles. The van der Waals surface area contributed by atoms with Crippen molar-refractivity contribution in [3.63, 3.8) is 0 Å². The van der Waals surface area contributed by atoms with Gasteiger partial charge < -0.3 is 27.1 Å². The van der Waals surface area contributed by atoms with Crippen LogP contribution in [0.15, 0.2) is 154 Å². The summed E-state index contributed by atoms with van der Waals surface area (Å²) in [6.07, 6.45) is 0. The molecule has 0 aliphatic carbocycles. The molecule has 0 radical (unpaired) electrons. The van der Waals surface area contributed by atoms with E-state index in [-0.39, 0.29) is 0 Å². The zero-order valence-electron chi connectivity index (χ0n) is 46.9. The third-order valence-electron chi connectivity index (χ3n) is 17.8. The first-order valence-electron chi connectivity index (χ1n) is 28.3. The van der Waals surface area contributed by atoms with Crippen LogP contribution in [0, 0.1) is 41.5 Å². The number of aryl methyl sites for hydroxylation is 8. The number of benzene rings is 8. The highest BCUT2D eigenvalue weighted by Gasteiger charge is 2.28. The van der Waals surface area contributed by atoms with Crippen LogP contribution in [0.25, 0.3) is 177 Å². The molecule has 0 N–H and O–H groups in total. The largest absolute Gasteiger partial charge is 0.453 e. The molecule has 0 fully saturated rings. The Morgan fingerprint density at radius 2 is 0.619 bits per heavy atom. The van der Waals surface area contributed by atoms with Crippen LogP contribution in [0.1, 0.15) is 33.4 Å². The summed E-state index contributed by atoms with van der Waals surface area (Å²) < 4.78 is 39.4. The summed E-state index contributed by atoms with van der Waals surface area (Å²) in [7, 11) is 4.46. The molecule has 12 aromatic heterocycles. The molecular formula is C72H48N4O2S6. The van der Waals surface area contributed by atoms with E-state index in [2.05, 4.69) is 219 Å². The fourth-order valence-corrected chi connectivity index (χ4v) is 21.9. The number of hydrogen-bond acceptors (Lipinski definition) is 8. The number of rotatable bonds is 2. The van der Waals surface area contributed by atoms with E-state index in [1.54, 1.807) is 0 Å². The summed E-state index contributed by atoms with van der Waals surface area (Å²) in [6.45, 7) is 12.9. The minimum Gasteiger partial charge on any atom is -0.453 e. The molecule has 6 nitrogen and oxygen atoms in total. The van der Waals surface area contributed by atoms with Gasteiger partial charge in [-0.2, -0.15) is 0 Å². The summed E-state index contributed by atoms with van der Waals surface area (Å²) >= 11 is 11.5. The second-order valence-corrected chi connectivity index (χ2v) is 29.6. The van der Waals surface area contributed by atoms with Gasteiger partial charge in [0.25, 0.3) is 0 Å². The lowest BCUT2D eigenvalue weighted by Crippen LogP contribution is -1.94. The molecule has 20 aromatic rings. The Labute approximate surface area is 503 Å². The van der Waals surface area contributed by atoms with E-state index in [9.17, 15) is 0 Å². The third-order valence-corrected chi connectivity index (χ3v) is 25.2. The first-order valence-corrected chi connectivity index (χ1v) is 33.2. The van der Waals surface area contributed by atoms with Crippen molar-refractivity contribution in [2.45, 2.75) is 41.5 Å². The molecule has 0 amide bonds. The molecule has 0 unspecified atom stereocenters. The topological polar surface area (TPSA) is 46.0 Å². The average Bonchev–Trinajstić information content (AvgIpc) is 1.59. The van der Waals surface area contributed by atoms with Gasteiger partial charge in [0.15, 0.2) is 11.2 Å². The van der Waals surface area contributed by atoms with E-state index in [0.29, 0.717) is 0 Å². The van der Waals surface area contributed by atoms with Gasteiger partial charge in [0.2, 0.25) is 0 Å². The predicted molar refractivity (Wildman–Crippen MR) is 370 cm³/mol. The van der Waals surface area contributed by atoms with Gasteiger partial charge in [-0.15, -0.1) is 68.0 Å². The molecule has 0 atom stereocenters. The Balaban J connectivity index is 0.000000129. The molecule has 12 heterocycles. The zero-order chi connectivity index (χ0) is 56.0. The predicted octanol–water partition coefficient (Wildman–Crippen LogP) is 23.5. The molecule has 0 spiro atoms. The molecule has 20 rings (SSSR count). The van der Waals surface area contributed by atoms with Crippen LogP contribution in [0.5, 0.6) is 0 Å². The van der Waals surface area contributed by atoms with E-state index in [0.717, 1.165) is 55.5 Å². The highest BCUT2D eigenvalue weighted by Crippen LogP contribution is 2.54. The second kappa shape index (κ2) is 16.8. The van der Waals surface area contributed by atoms with Gasteiger partial charge in [-0.3, -0.25) is 0 Å². The first-order chi connectivity index (χ1) is 40.9. The average molecular weight is 1190 g/mol. The Morgan fingerprint density at radius 1 is 0.274 bits per heavy atom. The molecular weight excluding hydrogens is 1150 g/mol. The Morgan fingerprint density at radius 3 is 1.04 bits per heavy atom. The van der Waals surface area contributed by atoms with Gasteiger partial charge in [0.05, 0.1) is 59.7 Å². The highest BCUT2D eigenvalue weighted by atomic mass is 32.1. The van der Waals surface area contributed by atoms with Crippen molar-refractivity contribution < 1.29 is 8.83 Å². The fraction of sp³-hybridized carbons (Fsp3) is 0.111. The van der Waals surface area contributed by atoms with Crippen molar-refractivity contribution in [2.24, 2.45) is 14.1 Å². The summed E-state index contributed by atoms with van der Waals surface area (Å²) in [5, 5.41) is 10.4.